The van der Waals surface area contributed by atoms with Gasteiger partial charge in [-0.05, 0) is 39.3 Å². The molecule has 0 bridgehead atoms. The van der Waals surface area contributed by atoms with Gasteiger partial charge in [0.05, 0.1) is 6.54 Å². The second-order valence-electron chi connectivity index (χ2n) is 6.38. The molecule has 0 aliphatic carbocycles. The highest BCUT2D eigenvalue weighted by atomic mass is 16.2. The molecule has 2 aliphatic rings. The van der Waals surface area contributed by atoms with Gasteiger partial charge in [0.2, 0.25) is 5.91 Å². The van der Waals surface area contributed by atoms with E-state index in [1.54, 1.807) is 0 Å². The van der Waals surface area contributed by atoms with Crippen LogP contribution in [0.5, 0.6) is 0 Å². The lowest BCUT2D eigenvalue weighted by molar-refractivity contribution is -0.135. The summed E-state index contributed by atoms with van der Waals surface area (Å²) in [5, 5.41) is 0. The average molecular weight is 282 g/mol. The third-order valence-corrected chi connectivity index (χ3v) is 4.68. The van der Waals surface area contributed by atoms with Crippen LogP contribution < -0.4 is 5.73 Å². The van der Waals surface area contributed by atoms with Crippen LogP contribution in [0.3, 0.4) is 0 Å². The smallest absolute Gasteiger partial charge is 0.237 e. The van der Waals surface area contributed by atoms with Crippen LogP contribution in [0, 0.1) is 0 Å². The van der Waals surface area contributed by atoms with E-state index in [1.807, 2.05) is 0 Å². The highest BCUT2D eigenvalue weighted by Gasteiger charge is 2.27. The Morgan fingerprint density at radius 1 is 1.20 bits per heavy atom. The number of piperidine rings is 1. The largest absolute Gasteiger partial charge is 0.337 e. The first-order chi connectivity index (χ1) is 9.60. The quantitative estimate of drug-likeness (QED) is 0.812. The first-order valence-corrected chi connectivity index (χ1v) is 8.06. The summed E-state index contributed by atoms with van der Waals surface area (Å²) in [6.45, 7) is 7.72. The van der Waals surface area contributed by atoms with Gasteiger partial charge in [0.1, 0.15) is 0 Å². The van der Waals surface area contributed by atoms with Gasteiger partial charge in [0, 0.05) is 38.3 Å². The van der Waals surface area contributed by atoms with Crippen LogP contribution in [0.2, 0.25) is 0 Å². The van der Waals surface area contributed by atoms with Gasteiger partial charge in [-0.25, -0.2) is 0 Å². The Balaban J connectivity index is 1.89. The molecule has 1 atom stereocenters. The van der Waals surface area contributed by atoms with Crippen LogP contribution in [0.15, 0.2) is 0 Å². The summed E-state index contributed by atoms with van der Waals surface area (Å²) in [5.74, 6) is 0.308. The minimum atomic E-state index is 0.308. The fourth-order valence-corrected chi connectivity index (χ4v) is 3.31. The SMILES string of the molecule is CCC1CN(C)CCCN1C(=O)CN1CCC(N)CC1. The van der Waals surface area contributed by atoms with E-state index in [-0.39, 0.29) is 0 Å². The number of rotatable bonds is 3. The van der Waals surface area contributed by atoms with Gasteiger partial charge < -0.3 is 15.5 Å². The summed E-state index contributed by atoms with van der Waals surface area (Å²) in [4.78, 5) is 19.4. The van der Waals surface area contributed by atoms with Gasteiger partial charge in [-0.15, -0.1) is 0 Å². The maximum atomic E-state index is 12.6. The first kappa shape index (κ1) is 15.7. The number of carbonyl (C=O) groups is 1. The fourth-order valence-electron chi connectivity index (χ4n) is 3.31. The number of nitrogens with zero attached hydrogens (tertiary/aromatic N) is 3. The van der Waals surface area contributed by atoms with Crippen molar-refractivity contribution in [2.45, 2.75) is 44.7 Å². The van der Waals surface area contributed by atoms with Crippen molar-refractivity contribution >= 4 is 5.91 Å². The molecule has 5 nitrogen and oxygen atoms in total. The Kier molecular flexibility index (Phi) is 5.81. The van der Waals surface area contributed by atoms with Gasteiger partial charge in [0.15, 0.2) is 0 Å². The zero-order valence-electron chi connectivity index (χ0n) is 13.1. The minimum Gasteiger partial charge on any atom is -0.337 e. The Hall–Kier alpha value is -0.650. The molecule has 0 saturated carbocycles. The number of hydrogen-bond donors (Lipinski definition) is 1. The monoisotopic (exact) mass is 282 g/mol. The van der Waals surface area contributed by atoms with Gasteiger partial charge >= 0.3 is 0 Å². The molecule has 1 amide bonds. The molecule has 2 N–H and O–H groups in total. The van der Waals surface area contributed by atoms with Crippen molar-refractivity contribution in [1.29, 1.82) is 0 Å². The molecule has 2 saturated heterocycles. The second kappa shape index (κ2) is 7.38. The number of carbonyl (C=O) groups excluding carboxylic acids is 1. The lowest BCUT2D eigenvalue weighted by atomic mass is 10.1. The summed E-state index contributed by atoms with van der Waals surface area (Å²) in [5.41, 5.74) is 5.92. The number of nitrogens with two attached hydrogens (primary N) is 1. The molecule has 5 heteroatoms. The molecule has 2 rings (SSSR count). The van der Waals surface area contributed by atoms with Crippen molar-refractivity contribution in [2.24, 2.45) is 5.73 Å². The van der Waals surface area contributed by atoms with Crippen LogP contribution in [-0.2, 0) is 4.79 Å². The van der Waals surface area contributed by atoms with E-state index in [4.69, 9.17) is 5.73 Å². The molecule has 0 spiro atoms. The third kappa shape index (κ3) is 4.17. The molecule has 2 fully saturated rings. The molecule has 116 valence electrons. The van der Waals surface area contributed by atoms with E-state index < -0.39 is 0 Å². The summed E-state index contributed by atoms with van der Waals surface area (Å²) in [6, 6.07) is 0.707. The highest BCUT2D eigenvalue weighted by molar-refractivity contribution is 5.78. The normalized spacial score (nSPS) is 27.6. The van der Waals surface area contributed by atoms with E-state index >= 15 is 0 Å². The molecule has 0 aromatic heterocycles. The molecular formula is C15H30N4O. The van der Waals surface area contributed by atoms with Crippen LogP contribution in [0.4, 0.5) is 0 Å². The molecule has 1 unspecified atom stereocenters. The van der Waals surface area contributed by atoms with E-state index in [0.29, 0.717) is 24.5 Å². The molecule has 2 heterocycles. The maximum Gasteiger partial charge on any atom is 0.237 e. The second-order valence-corrected chi connectivity index (χ2v) is 6.38. The maximum absolute atomic E-state index is 12.6. The number of likely N-dealkylation sites (N-methyl/N-ethyl adjacent to an activating group) is 1. The lowest BCUT2D eigenvalue weighted by Gasteiger charge is -2.34. The first-order valence-electron chi connectivity index (χ1n) is 8.06. The van der Waals surface area contributed by atoms with Crippen molar-refractivity contribution in [3.63, 3.8) is 0 Å². The van der Waals surface area contributed by atoms with Crippen LogP contribution in [-0.4, -0.2) is 79.0 Å². The van der Waals surface area contributed by atoms with E-state index in [9.17, 15) is 4.79 Å². The third-order valence-electron chi connectivity index (χ3n) is 4.68. The topological polar surface area (TPSA) is 52.8 Å². The van der Waals surface area contributed by atoms with Gasteiger partial charge in [0.25, 0.3) is 0 Å². The molecule has 0 aromatic carbocycles. The molecule has 20 heavy (non-hydrogen) atoms. The summed E-state index contributed by atoms with van der Waals surface area (Å²) in [6.07, 6.45) is 4.17. The Morgan fingerprint density at radius 3 is 2.55 bits per heavy atom. The van der Waals surface area contributed by atoms with Crippen molar-refractivity contribution in [2.75, 3.05) is 46.3 Å². The van der Waals surface area contributed by atoms with Crippen LogP contribution >= 0.6 is 0 Å². The number of hydrogen-bond acceptors (Lipinski definition) is 4. The number of likely N-dealkylation sites (tertiary alicyclic amines) is 1. The fraction of sp³-hybridized carbons (Fsp3) is 0.933. The Labute approximate surface area is 123 Å². The van der Waals surface area contributed by atoms with E-state index in [0.717, 1.165) is 58.4 Å². The Morgan fingerprint density at radius 2 is 1.90 bits per heavy atom. The summed E-state index contributed by atoms with van der Waals surface area (Å²) >= 11 is 0. The average Bonchev–Trinajstić information content (AvgIpc) is 2.62. The zero-order chi connectivity index (χ0) is 14.5. The number of amides is 1. The molecular weight excluding hydrogens is 252 g/mol. The summed E-state index contributed by atoms with van der Waals surface area (Å²) < 4.78 is 0. The van der Waals surface area contributed by atoms with E-state index in [2.05, 4.69) is 28.7 Å². The van der Waals surface area contributed by atoms with Crippen molar-refractivity contribution in [3.8, 4) is 0 Å². The van der Waals surface area contributed by atoms with Gasteiger partial charge in [-0.2, -0.15) is 0 Å². The summed E-state index contributed by atoms with van der Waals surface area (Å²) in [7, 11) is 2.16. The minimum absolute atomic E-state index is 0.308. The Bertz CT molecular complexity index is 315. The highest BCUT2D eigenvalue weighted by Crippen LogP contribution is 2.14. The van der Waals surface area contributed by atoms with Crippen LogP contribution in [0.1, 0.15) is 32.6 Å². The predicted octanol–water partition coefficient (Wildman–Crippen LogP) is 0.352. The predicted molar refractivity (Wildman–Crippen MR) is 81.6 cm³/mol. The molecule has 0 aromatic rings. The zero-order valence-corrected chi connectivity index (χ0v) is 13.1. The molecule has 2 aliphatic heterocycles. The van der Waals surface area contributed by atoms with Crippen molar-refractivity contribution in [1.82, 2.24) is 14.7 Å². The molecule has 0 radical (unpaired) electrons. The lowest BCUT2D eigenvalue weighted by Crippen LogP contribution is -2.49. The van der Waals surface area contributed by atoms with Crippen LogP contribution in [0.25, 0.3) is 0 Å². The van der Waals surface area contributed by atoms with Gasteiger partial charge in [-0.3, -0.25) is 9.69 Å². The van der Waals surface area contributed by atoms with Crippen molar-refractivity contribution in [3.05, 3.63) is 0 Å². The standard InChI is InChI=1S/C15H30N4O/c1-3-14-11-17(2)7-4-8-19(14)15(20)12-18-9-5-13(16)6-10-18/h13-14H,3-12,16H2,1-2H3. The van der Waals surface area contributed by atoms with Crippen molar-refractivity contribution < 1.29 is 4.79 Å². The van der Waals surface area contributed by atoms with E-state index in [1.165, 1.54) is 0 Å². The van der Waals surface area contributed by atoms with Gasteiger partial charge in [-0.1, -0.05) is 6.92 Å².